The molecule has 1 heterocycles. The van der Waals surface area contributed by atoms with Crippen LogP contribution in [0.1, 0.15) is 36.0 Å². The molecule has 0 aliphatic heterocycles. The maximum Gasteiger partial charge on any atom is 0.191 e. The third-order valence-electron chi connectivity index (χ3n) is 3.37. The number of hydrogen-bond donors (Lipinski definition) is 2. The summed E-state index contributed by atoms with van der Waals surface area (Å²) in [6.45, 7) is 5.77. The average molecular weight is 351 g/mol. The molecule has 0 atom stereocenters. The van der Waals surface area contributed by atoms with Crippen LogP contribution in [0, 0.1) is 0 Å². The Kier molecular flexibility index (Phi) is 6.86. The van der Waals surface area contributed by atoms with Gasteiger partial charge < -0.3 is 10.6 Å². The Bertz CT molecular complexity index is 652. The van der Waals surface area contributed by atoms with E-state index in [1.165, 1.54) is 5.01 Å². The molecule has 0 aliphatic carbocycles. The smallest absolute Gasteiger partial charge is 0.191 e. The van der Waals surface area contributed by atoms with Crippen LogP contribution in [0.15, 0.2) is 34.6 Å². The second-order valence-electron chi connectivity index (χ2n) is 5.53. The molecular formula is C17H23ClN4S. The van der Waals surface area contributed by atoms with Crippen LogP contribution in [0.4, 0.5) is 0 Å². The molecule has 0 unspecified atom stereocenters. The molecule has 0 bridgehead atoms. The van der Waals surface area contributed by atoms with Gasteiger partial charge in [0.1, 0.15) is 0 Å². The predicted molar refractivity (Wildman–Crippen MR) is 99.6 cm³/mol. The number of thiazole rings is 1. The van der Waals surface area contributed by atoms with Crippen LogP contribution in [0.25, 0.3) is 0 Å². The van der Waals surface area contributed by atoms with E-state index in [0.717, 1.165) is 35.2 Å². The number of hydrogen-bond acceptors (Lipinski definition) is 3. The van der Waals surface area contributed by atoms with Crippen LogP contribution < -0.4 is 10.6 Å². The van der Waals surface area contributed by atoms with Gasteiger partial charge in [0, 0.05) is 29.9 Å². The first-order valence-electron chi connectivity index (χ1n) is 7.72. The Hall–Kier alpha value is -1.59. The highest BCUT2D eigenvalue weighted by Gasteiger charge is 2.06. The second kappa shape index (κ2) is 8.89. The van der Waals surface area contributed by atoms with E-state index in [-0.39, 0.29) is 0 Å². The van der Waals surface area contributed by atoms with Crippen molar-refractivity contribution in [2.75, 3.05) is 13.6 Å². The number of rotatable bonds is 6. The van der Waals surface area contributed by atoms with Crippen molar-refractivity contribution in [1.29, 1.82) is 0 Å². The maximum atomic E-state index is 6.16. The van der Waals surface area contributed by atoms with Crippen LogP contribution in [0.5, 0.6) is 0 Å². The number of aromatic nitrogens is 1. The zero-order valence-electron chi connectivity index (χ0n) is 13.8. The van der Waals surface area contributed by atoms with E-state index in [0.29, 0.717) is 12.5 Å². The molecule has 1 aromatic carbocycles. The number of guanidine groups is 1. The van der Waals surface area contributed by atoms with Crippen LogP contribution in [-0.2, 0) is 13.0 Å². The first-order chi connectivity index (χ1) is 11.1. The zero-order valence-corrected chi connectivity index (χ0v) is 15.3. The van der Waals surface area contributed by atoms with Gasteiger partial charge in [-0.25, -0.2) is 4.98 Å². The summed E-state index contributed by atoms with van der Waals surface area (Å²) < 4.78 is 0. The molecular weight excluding hydrogens is 328 g/mol. The lowest BCUT2D eigenvalue weighted by Crippen LogP contribution is -2.37. The standard InChI is InChI=1S/C17H23ClN4S/c1-12(2)16-22-14(11-23-16)10-21-17(19-3)20-9-8-13-6-4-5-7-15(13)18/h4-7,11-12H,8-10H2,1-3H3,(H2,19,20,21). The molecule has 0 fully saturated rings. The molecule has 0 aliphatic rings. The number of nitrogens with one attached hydrogen (secondary N) is 2. The first-order valence-corrected chi connectivity index (χ1v) is 8.98. The van der Waals surface area contributed by atoms with E-state index in [9.17, 15) is 0 Å². The van der Waals surface area contributed by atoms with Gasteiger partial charge in [0.15, 0.2) is 5.96 Å². The lowest BCUT2D eigenvalue weighted by Gasteiger charge is -2.11. The molecule has 0 radical (unpaired) electrons. The number of halogens is 1. The fourth-order valence-corrected chi connectivity index (χ4v) is 3.15. The quantitative estimate of drug-likeness (QED) is 0.615. The number of aliphatic imine (C=N–C) groups is 1. The summed E-state index contributed by atoms with van der Waals surface area (Å²) in [6, 6.07) is 7.91. The van der Waals surface area contributed by atoms with Gasteiger partial charge >= 0.3 is 0 Å². The molecule has 0 saturated heterocycles. The van der Waals surface area contributed by atoms with E-state index in [4.69, 9.17) is 11.6 Å². The van der Waals surface area contributed by atoms with E-state index >= 15 is 0 Å². The highest BCUT2D eigenvalue weighted by atomic mass is 35.5. The average Bonchev–Trinajstić information content (AvgIpc) is 3.01. The van der Waals surface area contributed by atoms with Crippen molar-refractivity contribution < 1.29 is 0 Å². The molecule has 2 aromatic rings. The molecule has 6 heteroatoms. The lowest BCUT2D eigenvalue weighted by atomic mass is 10.1. The number of nitrogens with zero attached hydrogens (tertiary/aromatic N) is 2. The molecule has 0 saturated carbocycles. The summed E-state index contributed by atoms with van der Waals surface area (Å²) in [5.74, 6) is 1.25. The summed E-state index contributed by atoms with van der Waals surface area (Å²) in [7, 11) is 1.77. The Labute approximate surface area is 147 Å². The summed E-state index contributed by atoms with van der Waals surface area (Å²) in [5, 5.41) is 10.7. The van der Waals surface area contributed by atoms with Crippen molar-refractivity contribution in [2.45, 2.75) is 32.7 Å². The maximum absolute atomic E-state index is 6.16. The Balaban J connectivity index is 1.78. The van der Waals surface area contributed by atoms with Gasteiger partial charge in [0.2, 0.25) is 0 Å². The second-order valence-corrected chi connectivity index (χ2v) is 6.82. The van der Waals surface area contributed by atoms with E-state index in [1.807, 2.05) is 24.3 Å². The van der Waals surface area contributed by atoms with Crippen LogP contribution in [0.3, 0.4) is 0 Å². The molecule has 1 aromatic heterocycles. The Morgan fingerprint density at radius 1 is 1.30 bits per heavy atom. The highest BCUT2D eigenvalue weighted by Crippen LogP contribution is 2.19. The minimum absolute atomic E-state index is 0.474. The fraction of sp³-hybridized carbons (Fsp3) is 0.412. The lowest BCUT2D eigenvalue weighted by molar-refractivity contribution is 0.776. The largest absolute Gasteiger partial charge is 0.356 e. The van der Waals surface area contributed by atoms with E-state index < -0.39 is 0 Å². The zero-order chi connectivity index (χ0) is 16.7. The topological polar surface area (TPSA) is 49.3 Å². The summed E-state index contributed by atoms with van der Waals surface area (Å²) >= 11 is 7.87. The molecule has 0 spiro atoms. The van der Waals surface area contributed by atoms with Crippen molar-refractivity contribution in [2.24, 2.45) is 4.99 Å². The SMILES string of the molecule is CN=C(NCCc1ccccc1Cl)NCc1csc(C(C)C)n1. The van der Waals surface area contributed by atoms with Gasteiger partial charge in [-0.15, -0.1) is 11.3 Å². The van der Waals surface area contributed by atoms with Crippen LogP contribution >= 0.6 is 22.9 Å². The minimum Gasteiger partial charge on any atom is -0.356 e. The molecule has 124 valence electrons. The monoisotopic (exact) mass is 350 g/mol. The van der Waals surface area contributed by atoms with Crippen molar-refractivity contribution in [3.63, 3.8) is 0 Å². The summed E-state index contributed by atoms with van der Waals surface area (Å²) in [4.78, 5) is 8.85. The van der Waals surface area contributed by atoms with Gasteiger partial charge in [-0.2, -0.15) is 0 Å². The molecule has 23 heavy (non-hydrogen) atoms. The molecule has 0 amide bonds. The minimum atomic E-state index is 0.474. The highest BCUT2D eigenvalue weighted by molar-refractivity contribution is 7.09. The summed E-state index contributed by atoms with van der Waals surface area (Å²) in [5.41, 5.74) is 2.19. The van der Waals surface area contributed by atoms with Gasteiger partial charge in [-0.1, -0.05) is 43.6 Å². The summed E-state index contributed by atoms with van der Waals surface area (Å²) in [6.07, 6.45) is 0.856. The third kappa shape index (κ3) is 5.52. The molecule has 2 rings (SSSR count). The Morgan fingerprint density at radius 3 is 2.74 bits per heavy atom. The molecule has 4 nitrogen and oxygen atoms in total. The van der Waals surface area contributed by atoms with Crippen LogP contribution in [0.2, 0.25) is 5.02 Å². The predicted octanol–water partition coefficient (Wildman–Crippen LogP) is 3.83. The van der Waals surface area contributed by atoms with Crippen molar-refractivity contribution in [3.05, 3.63) is 50.9 Å². The van der Waals surface area contributed by atoms with Gasteiger partial charge in [-0.3, -0.25) is 4.99 Å². The van der Waals surface area contributed by atoms with Crippen molar-refractivity contribution >= 4 is 28.9 Å². The van der Waals surface area contributed by atoms with Gasteiger partial charge in [0.25, 0.3) is 0 Å². The first kappa shape index (κ1) is 17.8. The van der Waals surface area contributed by atoms with E-state index in [1.54, 1.807) is 18.4 Å². The fourth-order valence-electron chi connectivity index (χ4n) is 2.08. The Morgan fingerprint density at radius 2 is 2.09 bits per heavy atom. The number of benzene rings is 1. The van der Waals surface area contributed by atoms with Gasteiger partial charge in [0.05, 0.1) is 17.2 Å². The third-order valence-corrected chi connectivity index (χ3v) is 4.93. The van der Waals surface area contributed by atoms with E-state index in [2.05, 4.69) is 39.8 Å². The van der Waals surface area contributed by atoms with Crippen LogP contribution in [-0.4, -0.2) is 24.5 Å². The van der Waals surface area contributed by atoms with Crippen molar-refractivity contribution in [3.8, 4) is 0 Å². The molecule has 2 N–H and O–H groups in total. The normalized spacial score (nSPS) is 11.8. The van der Waals surface area contributed by atoms with Crippen molar-refractivity contribution in [1.82, 2.24) is 15.6 Å². The van der Waals surface area contributed by atoms with Gasteiger partial charge in [-0.05, 0) is 18.1 Å².